The average molecular weight is 361 g/mol. The third-order valence-electron chi connectivity index (χ3n) is 5.68. The molecule has 0 amide bonds. The lowest BCUT2D eigenvalue weighted by Crippen LogP contribution is -2.40. The van der Waals surface area contributed by atoms with Gasteiger partial charge in [-0.3, -0.25) is 0 Å². The summed E-state index contributed by atoms with van der Waals surface area (Å²) in [6.07, 6.45) is 12.1. The molecule has 0 saturated heterocycles. The van der Waals surface area contributed by atoms with Gasteiger partial charge < -0.3 is 4.74 Å². The van der Waals surface area contributed by atoms with Crippen molar-refractivity contribution in [1.82, 2.24) is 0 Å². The molecule has 130 valence electrons. The lowest BCUT2D eigenvalue weighted by molar-refractivity contribution is 0.223. The van der Waals surface area contributed by atoms with Crippen LogP contribution in [0.3, 0.4) is 0 Å². The fourth-order valence-electron chi connectivity index (χ4n) is 4.47. The van der Waals surface area contributed by atoms with Gasteiger partial charge in [0, 0.05) is 27.2 Å². The van der Waals surface area contributed by atoms with Gasteiger partial charge in [0.15, 0.2) is 0 Å². The Balaban J connectivity index is 2.20. The van der Waals surface area contributed by atoms with Crippen LogP contribution < -0.4 is 4.74 Å². The molecule has 0 aromatic heterocycles. The SMILES string of the molecule is CCC=C1/C(=C\CS)Oc2cc(S)ccc2C1(C)C1CCCCC1. The highest BCUT2D eigenvalue weighted by Crippen LogP contribution is 2.54. The smallest absolute Gasteiger partial charge is 0.132 e. The van der Waals surface area contributed by atoms with Crippen LogP contribution in [0.25, 0.3) is 0 Å². The van der Waals surface area contributed by atoms with Crippen LogP contribution in [0.2, 0.25) is 0 Å². The third kappa shape index (κ3) is 3.17. The minimum Gasteiger partial charge on any atom is -0.457 e. The van der Waals surface area contributed by atoms with Crippen molar-refractivity contribution in [1.29, 1.82) is 0 Å². The van der Waals surface area contributed by atoms with Crippen molar-refractivity contribution in [2.45, 2.75) is 62.7 Å². The lowest BCUT2D eigenvalue weighted by atomic mass is 9.60. The molecule has 1 aliphatic heterocycles. The summed E-state index contributed by atoms with van der Waals surface area (Å²) in [6.45, 7) is 4.63. The molecule has 1 aromatic rings. The molecule has 1 aliphatic carbocycles. The summed E-state index contributed by atoms with van der Waals surface area (Å²) < 4.78 is 6.30. The Morgan fingerprint density at radius 1 is 1.21 bits per heavy atom. The molecular weight excluding hydrogens is 332 g/mol. The Hall–Kier alpha value is -0.800. The van der Waals surface area contributed by atoms with Crippen LogP contribution in [0.15, 0.2) is 46.6 Å². The fourth-order valence-corrected chi connectivity index (χ4v) is 4.83. The van der Waals surface area contributed by atoms with E-state index in [0.29, 0.717) is 11.7 Å². The summed E-state index contributed by atoms with van der Waals surface area (Å²) in [7, 11) is 0. The molecule has 2 aliphatic rings. The normalized spacial score (nSPS) is 28.0. The molecule has 1 fully saturated rings. The second-order valence-corrected chi connectivity index (χ2v) is 7.98. The highest BCUT2D eigenvalue weighted by atomic mass is 32.1. The Labute approximate surface area is 157 Å². The summed E-state index contributed by atoms with van der Waals surface area (Å²) in [5.74, 6) is 3.32. The topological polar surface area (TPSA) is 9.23 Å². The van der Waals surface area contributed by atoms with Crippen LogP contribution in [-0.2, 0) is 5.41 Å². The number of thiol groups is 2. The largest absolute Gasteiger partial charge is 0.457 e. The number of fused-ring (bicyclic) bond motifs is 1. The van der Waals surface area contributed by atoms with E-state index in [-0.39, 0.29) is 5.41 Å². The molecule has 1 nitrogen and oxygen atoms in total. The van der Waals surface area contributed by atoms with Gasteiger partial charge in [0.2, 0.25) is 0 Å². The van der Waals surface area contributed by atoms with Crippen molar-refractivity contribution in [3.63, 3.8) is 0 Å². The zero-order valence-corrected chi connectivity index (χ0v) is 16.5. The van der Waals surface area contributed by atoms with Gasteiger partial charge in [-0.1, -0.05) is 45.3 Å². The molecule has 0 N–H and O–H groups in total. The van der Waals surface area contributed by atoms with Gasteiger partial charge in [0.1, 0.15) is 11.5 Å². The van der Waals surface area contributed by atoms with Crippen molar-refractivity contribution >= 4 is 25.3 Å². The van der Waals surface area contributed by atoms with E-state index in [4.69, 9.17) is 4.74 Å². The van der Waals surface area contributed by atoms with Crippen LogP contribution >= 0.6 is 25.3 Å². The number of rotatable bonds is 3. The molecule has 0 radical (unpaired) electrons. The molecule has 1 aromatic carbocycles. The first-order valence-corrected chi connectivity index (χ1v) is 10.2. The highest BCUT2D eigenvalue weighted by molar-refractivity contribution is 7.80. The second kappa shape index (κ2) is 7.61. The van der Waals surface area contributed by atoms with Gasteiger partial charge in [-0.25, -0.2) is 0 Å². The van der Waals surface area contributed by atoms with Crippen LogP contribution in [0.4, 0.5) is 0 Å². The van der Waals surface area contributed by atoms with E-state index in [1.165, 1.54) is 43.2 Å². The minimum absolute atomic E-state index is 0.0142. The molecule has 1 atom stereocenters. The van der Waals surface area contributed by atoms with Crippen LogP contribution in [-0.4, -0.2) is 5.75 Å². The average Bonchev–Trinajstić information content (AvgIpc) is 2.59. The first-order valence-electron chi connectivity index (χ1n) is 9.14. The standard InChI is InChI=1S/C21H28OS2/c1-3-7-17-19(12-13-23)22-20-14-16(24)10-11-18(20)21(17,2)15-8-5-4-6-9-15/h7,10-12,14-15,23-24H,3-6,8-9,13H2,1-2H3/b17-7?,19-12+. The highest BCUT2D eigenvalue weighted by Gasteiger charge is 2.45. The second-order valence-electron chi connectivity index (χ2n) is 7.10. The first-order chi connectivity index (χ1) is 11.6. The summed E-state index contributed by atoms with van der Waals surface area (Å²) >= 11 is 8.93. The zero-order valence-electron chi connectivity index (χ0n) is 14.7. The quantitative estimate of drug-likeness (QED) is 0.597. The summed E-state index contributed by atoms with van der Waals surface area (Å²) in [4.78, 5) is 0.952. The van der Waals surface area contributed by atoms with E-state index < -0.39 is 0 Å². The van der Waals surface area contributed by atoms with Crippen molar-refractivity contribution < 1.29 is 4.74 Å². The number of benzene rings is 1. The number of hydrogen-bond donors (Lipinski definition) is 2. The molecule has 0 bridgehead atoms. The zero-order chi connectivity index (χ0) is 17.2. The maximum atomic E-state index is 6.30. The maximum Gasteiger partial charge on any atom is 0.132 e. The Kier molecular flexibility index (Phi) is 5.71. The molecule has 1 unspecified atom stereocenters. The number of allylic oxidation sites excluding steroid dienone is 2. The van der Waals surface area contributed by atoms with Gasteiger partial charge in [-0.2, -0.15) is 12.6 Å². The van der Waals surface area contributed by atoms with E-state index in [1.54, 1.807) is 0 Å². The minimum atomic E-state index is 0.0142. The first kappa shape index (κ1) is 18.0. The van der Waals surface area contributed by atoms with E-state index >= 15 is 0 Å². The number of hydrogen-bond acceptors (Lipinski definition) is 3. The van der Waals surface area contributed by atoms with Gasteiger partial charge in [0.05, 0.1) is 0 Å². The van der Waals surface area contributed by atoms with Crippen molar-refractivity contribution in [2.75, 3.05) is 5.75 Å². The van der Waals surface area contributed by atoms with Gasteiger partial charge >= 0.3 is 0 Å². The lowest BCUT2D eigenvalue weighted by Gasteiger charge is -2.46. The van der Waals surface area contributed by atoms with Crippen LogP contribution in [0.1, 0.15) is 57.9 Å². The summed E-state index contributed by atoms with van der Waals surface area (Å²) in [5, 5.41) is 0. The molecule has 1 heterocycles. The molecule has 24 heavy (non-hydrogen) atoms. The van der Waals surface area contributed by atoms with Crippen molar-refractivity contribution in [3.8, 4) is 5.75 Å². The Bertz CT molecular complexity index is 656. The van der Waals surface area contributed by atoms with Gasteiger partial charge in [-0.05, 0) is 43.4 Å². The van der Waals surface area contributed by atoms with E-state index in [2.05, 4.69) is 69.5 Å². The van der Waals surface area contributed by atoms with Gasteiger partial charge in [-0.15, -0.1) is 12.6 Å². The maximum absolute atomic E-state index is 6.30. The van der Waals surface area contributed by atoms with E-state index in [9.17, 15) is 0 Å². The monoisotopic (exact) mass is 360 g/mol. The van der Waals surface area contributed by atoms with Crippen LogP contribution in [0, 0.1) is 5.92 Å². The van der Waals surface area contributed by atoms with Crippen molar-refractivity contribution in [3.05, 3.63) is 47.2 Å². The summed E-state index contributed by atoms with van der Waals surface area (Å²) in [6, 6.07) is 6.39. The molecule has 0 spiro atoms. The van der Waals surface area contributed by atoms with Gasteiger partial charge in [0.25, 0.3) is 0 Å². The predicted octanol–water partition coefficient (Wildman–Crippen LogP) is 6.36. The molecule has 3 rings (SSSR count). The summed E-state index contributed by atoms with van der Waals surface area (Å²) in [5.41, 5.74) is 2.69. The number of ether oxygens (including phenoxy) is 1. The molecule has 3 heteroatoms. The van der Waals surface area contributed by atoms with E-state index in [1.807, 2.05) is 0 Å². The predicted molar refractivity (Wildman–Crippen MR) is 109 cm³/mol. The Morgan fingerprint density at radius 2 is 1.96 bits per heavy atom. The van der Waals surface area contributed by atoms with Crippen LogP contribution in [0.5, 0.6) is 5.75 Å². The molecule has 1 saturated carbocycles. The third-order valence-corrected chi connectivity index (χ3v) is 6.14. The fraction of sp³-hybridized carbons (Fsp3) is 0.524. The van der Waals surface area contributed by atoms with Crippen molar-refractivity contribution in [2.24, 2.45) is 5.92 Å². The van der Waals surface area contributed by atoms with E-state index in [0.717, 1.165) is 22.8 Å². The Morgan fingerprint density at radius 3 is 2.62 bits per heavy atom. The molecular formula is C21H28OS2.